The topological polar surface area (TPSA) is 38.7 Å². The van der Waals surface area contributed by atoms with Crippen LogP contribution in [0.5, 0.6) is 0 Å². The quantitative estimate of drug-likeness (QED) is 0.150. The Hall–Kier alpha value is -8.05. The van der Waals surface area contributed by atoms with Crippen LogP contribution in [0.15, 0.2) is 224 Å². The first-order chi connectivity index (χ1) is 31.2. The van der Waals surface area contributed by atoms with Crippen LogP contribution in [0.1, 0.15) is 0 Å². The van der Waals surface area contributed by atoms with Crippen LogP contribution in [-0.2, 0) is 0 Å². The smallest absolute Gasteiger partial charge is 0.160 e. The van der Waals surface area contributed by atoms with Crippen LogP contribution in [0.2, 0.25) is 0 Å². The molecule has 0 aliphatic rings. The molecule has 3 nitrogen and oxygen atoms in total. The van der Waals surface area contributed by atoms with Gasteiger partial charge in [-0.25, -0.2) is 15.0 Å². The number of fused-ring (bicyclic) bond motifs is 6. The van der Waals surface area contributed by atoms with E-state index in [1.165, 1.54) is 47.8 Å². The molecule has 0 radical (unpaired) electrons. The first-order valence-electron chi connectivity index (χ1n) is 21.3. The van der Waals surface area contributed by atoms with Gasteiger partial charge in [-0.15, -0.1) is 11.3 Å². The number of nitrogens with zero attached hydrogens (tertiary/aromatic N) is 3. The molecule has 0 aliphatic heterocycles. The van der Waals surface area contributed by atoms with Crippen LogP contribution in [0.25, 0.3) is 120 Å². The fourth-order valence-electron chi connectivity index (χ4n) is 9.02. The molecular weight excluding hydrogens is 783 g/mol. The van der Waals surface area contributed by atoms with Crippen molar-refractivity contribution < 1.29 is 0 Å². The Labute approximate surface area is 369 Å². The molecule has 294 valence electrons. The van der Waals surface area contributed by atoms with Crippen LogP contribution in [-0.4, -0.2) is 15.0 Å². The van der Waals surface area contributed by atoms with Crippen LogP contribution < -0.4 is 0 Å². The average Bonchev–Trinajstić information content (AvgIpc) is 3.76. The molecule has 3 aromatic heterocycles. The Morgan fingerprint density at radius 3 is 1.62 bits per heavy atom. The normalized spacial score (nSPS) is 11.5. The molecule has 0 amide bonds. The van der Waals surface area contributed by atoms with Crippen LogP contribution in [0.3, 0.4) is 0 Å². The third-order valence-corrected chi connectivity index (χ3v) is 13.3. The predicted octanol–water partition coefficient (Wildman–Crippen LogP) is 16.2. The van der Waals surface area contributed by atoms with Crippen molar-refractivity contribution in [1.29, 1.82) is 0 Å². The van der Waals surface area contributed by atoms with Crippen molar-refractivity contribution in [3.63, 3.8) is 0 Å². The maximum Gasteiger partial charge on any atom is 0.160 e. The first-order valence-corrected chi connectivity index (χ1v) is 22.1. The summed E-state index contributed by atoms with van der Waals surface area (Å²) in [4.78, 5) is 15.8. The number of aromatic nitrogens is 3. The van der Waals surface area contributed by atoms with E-state index in [9.17, 15) is 0 Å². The Balaban J connectivity index is 0.961. The third-order valence-electron chi connectivity index (χ3n) is 12.1. The Bertz CT molecular complexity index is 3650. The maximum absolute atomic E-state index is 5.40. The number of pyridine rings is 1. The van der Waals surface area contributed by atoms with Gasteiger partial charge in [0.15, 0.2) is 5.82 Å². The highest BCUT2D eigenvalue weighted by molar-refractivity contribution is 7.26. The van der Waals surface area contributed by atoms with Gasteiger partial charge in [0.25, 0.3) is 0 Å². The Morgan fingerprint density at radius 2 is 0.841 bits per heavy atom. The first kappa shape index (κ1) is 36.8. The summed E-state index contributed by atoms with van der Waals surface area (Å²) in [5.74, 6) is 0.692. The summed E-state index contributed by atoms with van der Waals surface area (Å²) in [7, 11) is 0. The van der Waals surface area contributed by atoms with Crippen molar-refractivity contribution in [1.82, 2.24) is 15.0 Å². The van der Waals surface area contributed by atoms with Crippen LogP contribution >= 0.6 is 11.3 Å². The molecule has 12 aromatic rings. The van der Waals surface area contributed by atoms with Gasteiger partial charge in [0, 0.05) is 58.6 Å². The molecule has 0 fully saturated rings. The molecule has 3 heterocycles. The summed E-state index contributed by atoms with van der Waals surface area (Å²) in [5.41, 5.74) is 14.8. The molecule has 12 rings (SSSR count). The molecule has 0 spiro atoms. The van der Waals surface area contributed by atoms with E-state index in [0.29, 0.717) is 5.82 Å². The lowest BCUT2D eigenvalue weighted by molar-refractivity contribution is 1.18. The Morgan fingerprint density at radius 1 is 0.302 bits per heavy atom. The lowest BCUT2D eigenvalue weighted by Crippen LogP contribution is -1.96. The summed E-state index contributed by atoms with van der Waals surface area (Å²) >= 11 is 1.86. The second-order valence-corrected chi connectivity index (χ2v) is 17.0. The van der Waals surface area contributed by atoms with Crippen molar-refractivity contribution in [3.05, 3.63) is 224 Å². The van der Waals surface area contributed by atoms with Gasteiger partial charge in [-0.2, -0.15) is 0 Å². The summed E-state index contributed by atoms with van der Waals surface area (Å²) < 4.78 is 2.62. The van der Waals surface area contributed by atoms with Crippen molar-refractivity contribution in [2.45, 2.75) is 0 Å². The monoisotopic (exact) mass is 819 g/mol. The van der Waals surface area contributed by atoms with E-state index in [0.717, 1.165) is 66.8 Å². The van der Waals surface area contributed by atoms with Crippen LogP contribution in [0.4, 0.5) is 0 Å². The number of hydrogen-bond acceptors (Lipinski definition) is 4. The fraction of sp³-hybridized carbons (Fsp3) is 0. The van der Waals surface area contributed by atoms with E-state index >= 15 is 0 Å². The zero-order valence-electron chi connectivity index (χ0n) is 34.1. The van der Waals surface area contributed by atoms with Gasteiger partial charge in [-0.1, -0.05) is 200 Å². The van der Waals surface area contributed by atoms with Gasteiger partial charge < -0.3 is 0 Å². The van der Waals surface area contributed by atoms with Gasteiger partial charge in [0.05, 0.1) is 22.6 Å². The van der Waals surface area contributed by atoms with E-state index in [1.807, 2.05) is 29.5 Å². The third kappa shape index (κ3) is 6.65. The maximum atomic E-state index is 5.40. The van der Waals surface area contributed by atoms with E-state index < -0.39 is 0 Å². The SMILES string of the molecule is c1ccc(-c2nc(-c3ccc(-c4cccc5c4sc4ccccc45)cc3)cc(-c3cccc(-c4ccc5c(c4)nc(-c4ccccc4)c4cccc(-c6ccccc6)c45)c3)n2)cc1. The molecule has 0 saturated carbocycles. The average molecular weight is 820 g/mol. The van der Waals surface area contributed by atoms with Gasteiger partial charge in [0.1, 0.15) is 0 Å². The lowest BCUT2D eigenvalue weighted by Gasteiger charge is -2.15. The molecule has 0 aliphatic carbocycles. The molecule has 0 atom stereocenters. The number of hydrogen-bond donors (Lipinski definition) is 0. The summed E-state index contributed by atoms with van der Waals surface area (Å²) in [6.45, 7) is 0. The largest absolute Gasteiger partial charge is 0.247 e. The molecule has 0 unspecified atom stereocenters. The van der Waals surface area contributed by atoms with Crippen molar-refractivity contribution in [2.24, 2.45) is 0 Å². The van der Waals surface area contributed by atoms with Crippen molar-refractivity contribution in [2.75, 3.05) is 0 Å². The van der Waals surface area contributed by atoms with Crippen molar-refractivity contribution >= 4 is 53.2 Å². The minimum atomic E-state index is 0.692. The van der Waals surface area contributed by atoms with Gasteiger partial charge >= 0.3 is 0 Å². The minimum Gasteiger partial charge on any atom is -0.247 e. The number of thiophene rings is 1. The van der Waals surface area contributed by atoms with Crippen molar-refractivity contribution in [3.8, 4) is 78.5 Å². The number of rotatable bonds is 7. The number of benzene rings is 9. The highest BCUT2D eigenvalue weighted by Gasteiger charge is 2.17. The molecule has 9 aromatic carbocycles. The predicted molar refractivity (Wildman–Crippen MR) is 266 cm³/mol. The van der Waals surface area contributed by atoms with Gasteiger partial charge in [-0.3, -0.25) is 0 Å². The van der Waals surface area contributed by atoms with E-state index in [2.05, 4.69) is 206 Å². The fourth-order valence-corrected chi connectivity index (χ4v) is 10.3. The highest BCUT2D eigenvalue weighted by atomic mass is 32.1. The molecule has 63 heavy (non-hydrogen) atoms. The minimum absolute atomic E-state index is 0.692. The molecule has 4 heteroatoms. The van der Waals surface area contributed by atoms with Crippen LogP contribution in [0, 0.1) is 0 Å². The summed E-state index contributed by atoms with van der Waals surface area (Å²) in [6, 6.07) is 79.7. The summed E-state index contributed by atoms with van der Waals surface area (Å²) in [5, 5.41) is 6.09. The highest BCUT2D eigenvalue weighted by Crippen LogP contribution is 2.42. The van der Waals surface area contributed by atoms with E-state index in [-0.39, 0.29) is 0 Å². The van der Waals surface area contributed by atoms with Gasteiger partial charge in [0.2, 0.25) is 0 Å². The standard InChI is InChI=1S/C59H37N3S/c1-4-15-38(16-5-1)46-24-13-27-51-56(46)50-34-33-44(36-54(50)60-57(51)41-17-6-2-7-18-41)43-21-12-22-45(35-43)53-37-52(61-59(62-53)42-19-8-3-9-20-42)40-31-29-39(30-32-40)47-25-14-26-49-48-23-10-11-28-55(48)63-58(47)49/h1-37H. The van der Waals surface area contributed by atoms with E-state index in [1.54, 1.807) is 0 Å². The second-order valence-electron chi connectivity index (χ2n) is 15.9. The molecule has 0 bridgehead atoms. The molecule has 0 N–H and O–H groups in total. The summed E-state index contributed by atoms with van der Waals surface area (Å²) in [6.07, 6.45) is 0. The molecule has 0 saturated heterocycles. The Kier molecular flexibility index (Phi) is 9.02. The zero-order chi connectivity index (χ0) is 41.7. The molecular formula is C59H37N3S. The zero-order valence-corrected chi connectivity index (χ0v) is 34.9. The van der Waals surface area contributed by atoms with Gasteiger partial charge in [-0.05, 0) is 57.6 Å². The van der Waals surface area contributed by atoms with E-state index in [4.69, 9.17) is 15.0 Å². The second kappa shape index (κ2) is 15.4. The lowest BCUT2D eigenvalue weighted by atomic mass is 9.92.